The van der Waals surface area contributed by atoms with Gasteiger partial charge in [-0.25, -0.2) is 0 Å². The summed E-state index contributed by atoms with van der Waals surface area (Å²) in [5.74, 6) is -0.0725. The molecule has 0 spiro atoms. The lowest BCUT2D eigenvalue weighted by Gasteiger charge is -2.11. The van der Waals surface area contributed by atoms with E-state index in [0.717, 1.165) is 17.7 Å². The lowest BCUT2D eigenvalue weighted by atomic mass is 10.1. The number of carbonyl (C=O) groups is 1. The van der Waals surface area contributed by atoms with E-state index in [9.17, 15) is 4.79 Å². The first-order valence-corrected chi connectivity index (χ1v) is 9.22. The summed E-state index contributed by atoms with van der Waals surface area (Å²) in [4.78, 5) is 16.6. The van der Waals surface area contributed by atoms with Crippen LogP contribution in [-0.4, -0.2) is 30.1 Å². The number of halogens is 1. The third kappa shape index (κ3) is 5.28. The van der Waals surface area contributed by atoms with E-state index in [1.165, 1.54) is 25.7 Å². The molecule has 0 bridgehead atoms. The Morgan fingerprint density at radius 1 is 1.24 bits per heavy atom. The Labute approximate surface area is 153 Å². The Bertz CT molecular complexity index is 697. The maximum Gasteiger partial charge on any atom is 0.251 e. The molecular weight excluding hydrogens is 336 g/mol. The van der Waals surface area contributed by atoms with E-state index in [2.05, 4.69) is 10.3 Å². The van der Waals surface area contributed by atoms with Crippen LogP contribution < -0.4 is 5.32 Å². The van der Waals surface area contributed by atoms with Crippen molar-refractivity contribution in [3.05, 3.63) is 53.2 Å². The Balaban J connectivity index is 1.48. The van der Waals surface area contributed by atoms with Crippen molar-refractivity contribution in [1.82, 2.24) is 10.3 Å². The maximum absolute atomic E-state index is 12.3. The van der Waals surface area contributed by atoms with Gasteiger partial charge in [0.2, 0.25) is 0 Å². The summed E-state index contributed by atoms with van der Waals surface area (Å²) in [5, 5.41) is 3.55. The molecule has 132 valence electrons. The summed E-state index contributed by atoms with van der Waals surface area (Å²) in [5.41, 5.74) is 2.32. The molecule has 2 aromatic rings. The fourth-order valence-electron chi connectivity index (χ4n) is 3.05. The molecule has 1 aliphatic carbocycles. The normalized spacial score (nSPS) is 14.6. The third-order valence-electron chi connectivity index (χ3n) is 4.41. The first-order chi connectivity index (χ1) is 12.2. The zero-order chi connectivity index (χ0) is 17.5. The van der Waals surface area contributed by atoms with Gasteiger partial charge in [0.25, 0.3) is 5.91 Å². The van der Waals surface area contributed by atoms with Crippen molar-refractivity contribution in [2.75, 3.05) is 13.2 Å². The van der Waals surface area contributed by atoms with Crippen LogP contribution in [0.3, 0.4) is 0 Å². The van der Waals surface area contributed by atoms with Crippen LogP contribution in [0.25, 0.3) is 11.3 Å². The molecule has 1 heterocycles. The van der Waals surface area contributed by atoms with Crippen LogP contribution >= 0.6 is 11.6 Å². The lowest BCUT2D eigenvalue weighted by Crippen LogP contribution is -2.25. The molecule has 1 aromatic carbocycles. The molecule has 4 nitrogen and oxygen atoms in total. The molecular formula is C20H23ClN2O2. The van der Waals surface area contributed by atoms with Gasteiger partial charge in [0, 0.05) is 30.5 Å². The Morgan fingerprint density at radius 3 is 2.84 bits per heavy atom. The largest absolute Gasteiger partial charge is 0.378 e. The molecule has 5 heteroatoms. The number of amides is 1. The number of nitrogens with one attached hydrogen (secondary N) is 1. The summed E-state index contributed by atoms with van der Waals surface area (Å²) in [6, 6.07) is 11.1. The highest BCUT2D eigenvalue weighted by atomic mass is 35.5. The minimum Gasteiger partial charge on any atom is -0.378 e. The summed E-state index contributed by atoms with van der Waals surface area (Å²) in [6.45, 7) is 1.33. The van der Waals surface area contributed by atoms with E-state index in [4.69, 9.17) is 16.3 Å². The van der Waals surface area contributed by atoms with Crippen LogP contribution in [0.2, 0.25) is 5.02 Å². The Kier molecular flexibility index (Phi) is 6.42. The van der Waals surface area contributed by atoms with E-state index in [0.29, 0.717) is 29.8 Å². The molecule has 1 aromatic heterocycles. The smallest absolute Gasteiger partial charge is 0.251 e. The fraction of sp³-hybridized carbons (Fsp3) is 0.400. The molecule has 3 rings (SSSR count). The molecule has 1 fully saturated rings. The number of carbonyl (C=O) groups excluding carboxylic acids is 1. The van der Waals surface area contributed by atoms with Crippen LogP contribution in [0.15, 0.2) is 42.6 Å². The Hall–Kier alpha value is -1.91. The van der Waals surface area contributed by atoms with Gasteiger partial charge < -0.3 is 10.1 Å². The van der Waals surface area contributed by atoms with Crippen LogP contribution in [0.1, 0.15) is 42.5 Å². The summed E-state index contributed by atoms with van der Waals surface area (Å²) in [6.07, 6.45) is 7.78. The van der Waals surface area contributed by atoms with Crippen molar-refractivity contribution in [2.45, 2.75) is 38.2 Å². The van der Waals surface area contributed by atoms with Gasteiger partial charge in [-0.2, -0.15) is 0 Å². The second-order valence-electron chi connectivity index (χ2n) is 6.33. The van der Waals surface area contributed by atoms with Crippen LogP contribution in [-0.2, 0) is 4.74 Å². The topological polar surface area (TPSA) is 51.2 Å². The molecule has 25 heavy (non-hydrogen) atoms. The van der Waals surface area contributed by atoms with Crippen LogP contribution in [0, 0.1) is 0 Å². The second-order valence-corrected chi connectivity index (χ2v) is 6.77. The van der Waals surface area contributed by atoms with Gasteiger partial charge in [-0.3, -0.25) is 9.78 Å². The number of ether oxygens (including phenoxy) is 1. The van der Waals surface area contributed by atoms with Crippen molar-refractivity contribution in [3.8, 4) is 11.3 Å². The molecule has 1 aliphatic rings. The van der Waals surface area contributed by atoms with Gasteiger partial charge >= 0.3 is 0 Å². The number of nitrogens with zero attached hydrogens (tertiary/aromatic N) is 1. The van der Waals surface area contributed by atoms with Gasteiger partial charge in [0.1, 0.15) is 0 Å². The van der Waals surface area contributed by atoms with E-state index >= 15 is 0 Å². The van der Waals surface area contributed by atoms with E-state index in [-0.39, 0.29) is 5.91 Å². The van der Waals surface area contributed by atoms with Gasteiger partial charge in [-0.15, -0.1) is 0 Å². The fourth-order valence-corrected chi connectivity index (χ4v) is 3.16. The van der Waals surface area contributed by atoms with Crippen molar-refractivity contribution in [3.63, 3.8) is 0 Å². The number of pyridine rings is 1. The molecule has 0 unspecified atom stereocenters. The van der Waals surface area contributed by atoms with E-state index in [1.807, 2.05) is 30.3 Å². The van der Waals surface area contributed by atoms with E-state index in [1.54, 1.807) is 12.3 Å². The highest BCUT2D eigenvalue weighted by molar-refractivity contribution is 6.30. The zero-order valence-electron chi connectivity index (χ0n) is 14.2. The molecule has 1 saturated carbocycles. The lowest BCUT2D eigenvalue weighted by molar-refractivity contribution is 0.0565. The van der Waals surface area contributed by atoms with Crippen molar-refractivity contribution in [2.24, 2.45) is 0 Å². The summed E-state index contributed by atoms with van der Waals surface area (Å²) < 4.78 is 5.81. The van der Waals surface area contributed by atoms with Gasteiger partial charge in [-0.1, -0.05) is 36.6 Å². The molecule has 1 amide bonds. The Morgan fingerprint density at radius 2 is 2.08 bits per heavy atom. The second kappa shape index (κ2) is 8.97. The first kappa shape index (κ1) is 17.9. The van der Waals surface area contributed by atoms with Gasteiger partial charge in [0.05, 0.1) is 16.8 Å². The average molecular weight is 359 g/mol. The maximum atomic E-state index is 12.3. The average Bonchev–Trinajstić information content (AvgIpc) is 3.15. The van der Waals surface area contributed by atoms with Gasteiger partial charge in [0.15, 0.2) is 0 Å². The third-order valence-corrected chi connectivity index (χ3v) is 4.63. The highest BCUT2D eigenvalue weighted by Crippen LogP contribution is 2.21. The first-order valence-electron chi connectivity index (χ1n) is 8.84. The number of hydrogen-bond donors (Lipinski definition) is 1. The minimum atomic E-state index is -0.0725. The predicted octanol–water partition coefficient (Wildman–Crippen LogP) is 4.48. The number of rotatable bonds is 7. The summed E-state index contributed by atoms with van der Waals surface area (Å²) >= 11 is 5.87. The standard InChI is InChI=1S/C20H23ClN2O2/c21-17-9-10-19(23-14-17)15-5-3-6-16(13-15)20(24)22-11-4-12-25-18-7-1-2-8-18/h3,5-6,9-10,13-14,18H,1-2,4,7-8,11-12H2,(H,22,24). The number of benzene rings is 1. The van der Waals surface area contributed by atoms with Crippen molar-refractivity contribution in [1.29, 1.82) is 0 Å². The molecule has 0 atom stereocenters. The predicted molar refractivity (Wildman–Crippen MR) is 99.8 cm³/mol. The van der Waals surface area contributed by atoms with Crippen molar-refractivity contribution >= 4 is 17.5 Å². The van der Waals surface area contributed by atoms with Crippen LogP contribution in [0.5, 0.6) is 0 Å². The molecule has 0 radical (unpaired) electrons. The van der Waals surface area contributed by atoms with E-state index < -0.39 is 0 Å². The minimum absolute atomic E-state index is 0.0725. The monoisotopic (exact) mass is 358 g/mol. The zero-order valence-corrected chi connectivity index (χ0v) is 15.0. The quantitative estimate of drug-likeness (QED) is 0.742. The number of aromatic nitrogens is 1. The SMILES string of the molecule is O=C(NCCCOC1CCCC1)c1cccc(-c2ccc(Cl)cn2)c1. The molecule has 1 N–H and O–H groups in total. The van der Waals surface area contributed by atoms with Gasteiger partial charge in [-0.05, 0) is 43.5 Å². The highest BCUT2D eigenvalue weighted by Gasteiger charge is 2.14. The molecule has 0 aliphatic heterocycles. The number of hydrogen-bond acceptors (Lipinski definition) is 3. The van der Waals surface area contributed by atoms with Crippen LogP contribution in [0.4, 0.5) is 0 Å². The van der Waals surface area contributed by atoms with Crippen molar-refractivity contribution < 1.29 is 9.53 Å². The summed E-state index contributed by atoms with van der Waals surface area (Å²) in [7, 11) is 0. The molecule has 0 saturated heterocycles.